The maximum atomic E-state index is 5.98. The van der Waals surface area contributed by atoms with Gasteiger partial charge in [-0.05, 0) is 36.5 Å². The van der Waals surface area contributed by atoms with Crippen LogP contribution in [0.15, 0.2) is 47.0 Å². The molecule has 1 aliphatic rings. The molecule has 0 aliphatic carbocycles. The number of hydrogen-bond acceptors (Lipinski definition) is 6. The number of nitrogens with zero attached hydrogens (tertiary/aromatic N) is 2. The summed E-state index contributed by atoms with van der Waals surface area (Å²) in [5.41, 5.74) is 1.57. The van der Waals surface area contributed by atoms with Crippen LogP contribution in [0.4, 0.5) is 5.69 Å². The number of aromatic nitrogens is 2. The first-order chi connectivity index (χ1) is 12.7. The second-order valence-corrected chi connectivity index (χ2v) is 6.24. The van der Waals surface area contributed by atoms with Gasteiger partial charge in [-0.15, -0.1) is 0 Å². The Kier molecular flexibility index (Phi) is 4.59. The summed E-state index contributed by atoms with van der Waals surface area (Å²) >= 11 is 11.3. The van der Waals surface area contributed by atoms with Crippen molar-refractivity contribution in [2.75, 3.05) is 12.1 Å². The monoisotopic (exact) mass is 388 g/mol. The molecule has 4 rings (SSSR count). The third-order valence-electron chi connectivity index (χ3n) is 3.58. The van der Waals surface area contributed by atoms with Crippen LogP contribution in [0.25, 0.3) is 11.4 Å². The van der Waals surface area contributed by atoms with Crippen molar-refractivity contribution in [1.82, 2.24) is 15.5 Å². The van der Waals surface area contributed by atoms with Crippen molar-refractivity contribution in [3.63, 3.8) is 0 Å². The molecule has 1 aliphatic heterocycles. The highest BCUT2D eigenvalue weighted by atomic mass is 35.5. The molecule has 0 amide bonds. The van der Waals surface area contributed by atoms with E-state index in [1.165, 1.54) is 0 Å². The Morgan fingerprint density at radius 2 is 2.04 bits per heavy atom. The number of rotatable bonds is 4. The van der Waals surface area contributed by atoms with Crippen LogP contribution in [0, 0.1) is 0 Å². The molecule has 3 aromatic rings. The first kappa shape index (κ1) is 16.6. The molecule has 9 heteroatoms. The molecule has 0 saturated heterocycles. The van der Waals surface area contributed by atoms with Crippen molar-refractivity contribution in [2.45, 2.75) is 6.54 Å². The van der Waals surface area contributed by atoms with Gasteiger partial charge >= 0.3 is 0 Å². The summed E-state index contributed by atoms with van der Waals surface area (Å²) < 4.78 is 15.8. The Hall–Kier alpha value is -2.84. The van der Waals surface area contributed by atoms with E-state index < -0.39 is 0 Å². The molecule has 0 unspecified atom stereocenters. The minimum absolute atomic E-state index is 0.230. The zero-order chi connectivity index (χ0) is 17.9. The van der Waals surface area contributed by atoms with Crippen LogP contribution >= 0.6 is 23.8 Å². The van der Waals surface area contributed by atoms with Gasteiger partial charge in [0.15, 0.2) is 16.6 Å². The standard InChI is InChI=1S/C17H13ClN4O3S/c18-11-3-1-2-10(6-11)16-21-15(25-22-16)8-19-17(26)20-12-4-5-13-14(7-12)24-9-23-13/h1-7H,8-9H2,(H2,19,20,26). The van der Waals surface area contributed by atoms with E-state index in [9.17, 15) is 0 Å². The third kappa shape index (κ3) is 3.71. The summed E-state index contributed by atoms with van der Waals surface area (Å²) in [5, 5.41) is 11.1. The first-order valence-corrected chi connectivity index (χ1v) is 8.49. The minimum Gasteiger partial charge on any atom is -0.454 e. The molecule has 0 radical (unpaired) electrons. The van der Waals surface area contributed by atoms with Crippen molar-refractivity contribution in [3.05, 3.63) is 53.4 Å². The van der Waals surface area contributed by atoms with Crippen LogP contribution in [0.2, 0.25) is 5.02 Å². The van der Waals surface area contributed by atoms with Crippen LogP contribution in [-0.4, -0.2) is 22.0 Å². The zero-order valence-electron chi connectivity index (χ0n) is 13.4. The molecular formula is C17H13ClN4O3S. The molecule has 2 heterocycles. The Labute approximate surface area is 159 Å². The minimum atomic E-state index is 0.230. The Bertz CT molecular complexity index is 963. The van der Waals surface area contributed by atoms with Crippen molar-refractivity contribution >= 4 is 34.6 Å². The molecule has 0 spiro atoms. The normalized spacial score (nSPS) is 12.0. The first-order valence-electron chi connectivity index (χ1n) is 7.70. The fourth-order valence-electron chi connectivity index (χ4n) is 2.38. The number of nitrogens with one attached hydrogen (secondary N) is 2. The number of benzene rings is 2. The summed E-state index contributed by atoms with van der Waals surface area (Å²) in [6.45, 7) is 0.525. The molecule has 2 aromatic carbocycles. The van der Waals surface area contributed by atoms with Crippen molar-refractivity contribution in [3.8, 4) is 22.9 Å². The molecule has 0 fully saturated rings. The Morgan fingerprint density at radius 3 is 2.92 bits per heavy atom. The maximum absolute atomic E-state index is 5.98. The van der Waals surface area contributed by atoms with Crippen molar-refractivity contribution in [2.24, 2.45) is 0 Å². The number of hydrogen-bond donors (Lipinski definition) is 2. The third-order valence-corrected chi connectivity index (χ3v) is 4.06. The Morgan fingerprint density at radius 1 is 1.15 bits per heavy atom. The van der Waals surface area contributed by atoms with Crippen molar-refractivity contribution < 1.29 is 14.0 Å². The predicted molar refractivity (Wildman–Crippen MR) is 100 cm³/mol. The molecule has 0 atom stereocenters. The summed E-state index contributed by atoms with van der Waals surface area (Å²) in [6, 6.07) is 12.7. The van der Waals surface area contributed by atoms with Crippen LogP contribution in [0.5, 0.6) is 11.5 Å². The predicted octanol–water partition coefficient (Wildman–Crippen LogP) is 3.61. The number of anilines is 1. The van der Waals surface area contributed by atoms with Gasteiger partial charge in [0.2, 0.25) is 18.5 Å². The van der Waals surface area contributed by atoms with Crippen LogP contribution in [0.3, 0.4) is 0 Å². The van der Waals surface area contributed by atoms with Gasteiger partial charge < -0.3 is 24.6 Å². The number of halogens is 1. The SMILES string of the molecule is S=C(NCc1nc(-c2cccc(Cl)c2)no1)Nc1ccc2c(c1)OCO2. The molecule has 26 heavy (non-hydrogen) atoms. The molecular weight excluding hydrogens is 376 g/mol. The zero-order valence-corrected chi connectivity index (χ0v) is 14.9. The molecule has 2 N–H and O–H groups in total. The van der Waals surface area contributed by atoms with Crippen molar-refractivity contribution in [1.29, 1.82) is 0 Å². The van der Waals surface area contributed by atoms with E-state index in [1.807, 2.05) is 30.3 Å². The number of thiocarbonyl (C=S) groups is 1. The van der Waals surface area contributed by atoms with Gasteiger partial charge in [-0.25, -0.2) is 0 Å². The summed E-state index contributed by atoms with van der Waals surface area (Å²) in [5.74, 6) is 2.28. The summed E-state index contributed by atoms with van der Waals surface area (Å²) in [4.78, 5) is 4.32. The van der Waals surface area contributed by atoms with Crippen LogP contribution in [0.1, 0.15) is 5.89 Å². The fourth-order valence-corrected chi connectivity index (χ4v) is 2.76. The smallest absolute Gasteiger partial charge is 0.246 e. The van der Waals surface area contributed by atoms with Gasteiger partial charge in [0.1, 0.15) is 0 Å². The second-order valence-electron chi connectivity index (χ2n) is 5.40. The van der Waals surface area contributed by atoms with E-state index in [0.29, 0.717) is 39.9 Å². The highest BCUT2D eigenvalue weighted by Gasteiger charge is 2.14. The van der Waals surface area contributed by atoms with Gasteiger partial charge in [0.25, 0.3) is 0 Å². The molecule has 0 bridgehead atoms. The fraction of sp³-hybridized carbons (Fsp3) is 0.118. The van der Waals surface area contributed by atoms with Crippen LogP contribution in [-0.2, 0) is 6.54 Å². The highest BCUT2D eigenvalue weighted by Crippen LogP contribution is 2.34. The molecule has 7 nitrogen and oxygen atoms in total. The van der Waals surface area contributed by atoms with E-state index in [0.717, 1.165) is 11.3 Å². The largest absolute Gasteiger partial charge is 0.454 e. The summed E-state index contributed by atoms with van der Waals surface area (Å²) in [7, 11) is 0. The van der Waals surface area contributed by atoms with E-state index >= 15 is 0 Å². The van der Waals surface area contributed by atoms with Gasteiger partial charge in [-0.1, -0.05) is 28.9 Å². The highest BCUT2D eigenvalue weighted by molar-refractivity contribution is 7.80. The maximum Gasteiger partial charge on any atom is 0.246 e. The van der Waals surface area contributed by atoms with Gasteiger partial charge in [0, 0.05) is 22.3 Å². The quantitative estimate of drug-likeness (QED) is 0.656. The molecule has 132 valence electrons. The lowest BCUT2D eigenvalue weighted by molar-refractivity contribution is 0.174. The number of ether oxygens (including phenoxy) is 2. The van der Waals surface area contributed by atoms with Gasteiger partial charge in [0.05, 0.1) is 6.54 Å². The van der Waals surface area contributed by atoms with E-state index in [-0.39, 0.29) is 6.79 Å². The summed E-state index contributed by atoms with van der Waals surface area (Å²) in [6.07, 6.45) is 0. The Balaban J connectivity index is 1.35. The average molecular weight is 389 g/mol. The lowest BCUT2D eigenvalue weighted by atomic mass is 10.2. The van der Waals surface area contributed by atoms with Gasteiger partial charge in [-0.2, -0.15) is 4.98 Å². The molecule has 1 aromatic heterocycles. The lowest BCUT2D eigenvalue weighted by Gasteiger charge is -2.09. The van der Waals surface area contributed by atoms with Crippen LogP contribution < -0.4 is 20.1 Å². The topological polar surface area (TPSA) is 81.4 Å². The second kappa shape index (κ2) is 7.19. The lowest BCUT2D eigenvalue weighted by Crippen LogP contribution is -2.27. The average Bonchev–Trinajstić information content (AvgIpc) is 3.29. The van der Waals surface area contributed by atoms with E-state index in [1.54, 1.807) is 12.1 Å². The van der Waals surface area contributed by atoms with E-state index in [2.05, 4.69) is 20.8 Å². The molecule has 0 saturated carbocycles. The van der Waals surface area contributed by atoms with E-state index in [4.69, 9.17) is 37.8 Å². The van der Waals surface area contributed by atoms with Gasteiger partial charge in [-0.3, -0.25) is 0 Å². The number of fused-ring (bicyclic) bond motifs is 1.